The van der Waals surface area contributed by atoms with Crippen LogP contribution in [0.3, 0.4) is 0 Å². The maximum Gasteiger partial charge on any atom is 0.279 e. The molecule has 0 spiro atoms. The summed E-state index contributed by atoms with van der Waals surface area (Å²) in [5, 5.41) is 3.54. The van der Waals surface area contributed by atoms with Gasteiger partial charge in [-0.3, -0.25) is 9.40 Å². The van der Waals surface area contributed by atoms with Crippen LogP contribution in [0.1, 0.15) is 0 Å². The molecule has 6 nitrogen and oxygen atoms in total. The number of aryl methyl sites for hydroxylation is 1. The summed E-state index contributed by atoms with van der Waals surface area (Å²) < 4.78 is 52.6. The summed E-state index contributed by atoms with van der Waals surface area (Å²) in [5.41, 5.74) is -0.433. The fraction of sp³-hybridized carbons (Fsp3) is 0.111. The number of aromatic nitrogens is 3. The Morgan fingerprint density at radius 1 is 1.28 bits per heavy atom. The minimum absolute atomic E-state index is 0.147. The van der Waals surface area contributed by atoms with E-state index in [4.69, 9.17) is 0 Å². The lowest BCUT2D eigenvalue weighted by molar-refractivity contribution is 0.515. The van der Waals surface area contributed by atoms with Gasteiger partial charge >= 0.3 is 0 Å². The van der Waals surface area contributed by atoms with Gasteiger partial charge in [-0.15, -0.1) is 0 Å². The van der Waals surface area contributed by atoms with Crippen LogP contribution in [0.25, 0.3) is 0 Å². The molecule has 0 aliphatic carbocycles. The van der Waals surface area contributed by atoms with Crippen LogP contribution < -0.4 is 4.72 Å². The minimum Gasteiger partial charge on any atom is -0.274 e. The number of hydrogen-bond donors (Lipinski definition) is 1. The zero-order valence-corrected chi connectivity index (χ0v) is 9.95. The molecule has 0 radical (unpaired) electrons. The van der Waals surface area contributed by atoms with Gasteiger partial charge in [0.2, 0.25) is 11.9 Å². The molecular formula is C9H8F2N4O2S. The topological polar surface area (TPSA) is 76.9 Å². The van der Waals surface area contributed by atoms with Crippen LogP contribution in [0.2, 0.25) is 0 Å². The van der Waals surface area contributed by atoms with Crippen molar-refractivity contribution in [2.75, 3.05) is 4.72 Å². The monoisotopic (exact) mass is 274 g/mol. The van der Waals surface area contributed by atoms with Gasteiger partial charge in [-0.05, 0) is 18.2 Å². The molecule has 2 aromatic heterocycles. The Balaban J connectivity index is 2.37. The van der Waals surface area contributed by atoms with Gasteiger partial charge in [-0.2, -0.15) is 27.3 Å². The summed E-state index contributed by atoms with van der Waals surface area (Å²) in [6, 6.07) is 3.05. The molecule has 0 unspecified atom stereocenters. The van der Waals surface area contributed by atoms with Gasteiger partial charge in [0, 0.05) is 7.05 Å². The van der Waals surface area contributed by atoms with E-state index in [0.29, 0.717) is 0 Å². The normalized spacial score (nSPS) is 11.5. The number of nitrogens with zero attached hydrogens (tertiary/aromatic N) is 3. The zero-order valence-electron chi connectivity index (χ0n) is 9.13. The highest BCUT2D eigenvalue weighted by molar-refractivity contribution is 7.92. The lowest BCUT2D eigenvalue weighted by Crippen LogP contribution is -2.17. The molecule has 0 fully saturated rings. The van der Waals surface area contributed by atoms with E-state index < -0.39 is 27.6 Å². The first kappa shape index (κ1) is 12.4. The zero-order chi connectivity index (χ0) is 13.3. The highest BCUT2D eigenvalue weighted by atomic mass is 32.2. The number of halogens is 2. The van der Waals surface area contributed by atoms with Crippen LogP contribution in [0.4, 0.5) is 14.5 Å². The molecule has 18 heavy (non-hydrogen) atoms. The average Bonchev–Trinajstić information content (AvgIpc) is 2.69. The highest BCUT2D eigenvalue weighted by Crippen LogP contribution is 2.17. The van der Waals surface area contributed by atoms with Crippen LogP contribution in [0, 0.1) is 11.9 Å². The maximum absolute atomic E-state index is 13.2. The number of anilines is 1. The van der Waals surface area contributed by atoms with Crippen molar-refractivity contribution in [3.8, 4) is 0 Å². The molecule has 0 aromatic carbocycles. The van der Waals surface area contributed by atoms with E-state index in [9.17, 15) is 17.2 Å². The van der Waals surface area contributed by atoms with Crippen LogP contribution in [0.5, 0.6) is 0 Å². The Hall–Kier alpha value is -2.03. The van der Waals surface area contributed by atoms with E-state index in [1.807, 2.05) is 4.72 Å². The molecule has 0 atom stereocenters. The molecule has 0 aliphatic heterocycles. The second-order valence-corrected chi connectivity index (χ2v) is 5.00. The van der Waals surface area contributed by atoms with Crippen molar-refractivity contribution in [2.24, 2.45) is 7.05 Å². The molecule has 0 saturated heterocycles. The van der Waals surface area contributed by atoms with Crippen molar-refractivity contribution in [3.05, 3.63) is 36.3 Å². The van der Waals surface area contributed by atoms with Crippen molar-refractivity contribution in [3.63, 3.8) is 0 Å². The number of sulfonamides is 1. The first-order valence-corrected chi connectivity index (χ1v) is 6.21. The standard InChI is InChI=1S/C9H8F2N4O2S/c1-15-8(4-5-12-15)18(16,17)14-6-2-3-7(10)13-9(6)11/h2-5,14H,1H3. The number of pyridine rings is 1. The van der Waals surface area contributed by atoms with Gasteiger partial charge in [-0.1, -0.05) is 0 Å². The van der Waals surface area contributed by atoms with Crippen molar-refractivity contribution in [2.45, 2.75) is 5.03 Å². The van der Waals surface area contributed by atoms with Gasteiger partial charge in [0.1, 0.15) is 5.69 Å². The molecular weight excluding hydrogens is 266 g/mol. The summed E-state index contributed by atoms with van der Waals surface area (Å²) in [6.07, 6.45) is 1.29. The minimum atomic E-state index is -3.99. The van der Waals surface area contributed by atoms with E-state index >= 15 is 0 Å². The van der Waals surface area contributed by atoms with Crippen molar-refractivity contribution in [1.82, 2.24) is 14.8 Å². The molecule has 2 rings (SSSR count). The third-order valence-corrected chi connectivity index (χ3v) is 3.55. The predicted molar refractivity (Wildman–Crippen MR) is 58.2 cm³/mol. The molecule has 0 bridgehead atoms. The summed E-state index contributed by atoms with van der Waals surface area (Å²) >= 11 is 0. The van der Waals surface area contributed by atoms with Gasteiger partial charge in [-0.25, -0.2) is 0 Å². The first-order valence-electron chi connectivity index (χ1n) is 4.73. The smallest absolute Gasteiger partial charge is 0.274 e. The van der Waals surface area contributed by atoms with E-state index in [0.717, 1.165) is 16.8 Å². The van der Waals surface area contributed by atoms with E-state index in [-0.39, 0.29) is 5.03 Å². The number of rotatable bonds is 3. The van der Waals surface area contributed by atoms with E-state index in [2.05, 4.69) is 10.1 Å². The quantitative estimate of drug-likeness (QED) is 0.843. The molecule has 1 N–H and O–H groups in total. The molecule has 96 valence electrons. The predicted octanol–water partition coefficient (Wildman–Crippen LogP) is 0.894. The van der Waals surface area contributed by atoms with Crippen LogP contribution in [-0.2, 0) is 17.1 Å². The lowest BCUT2D eigenvalue weighted by Gasteiger charge is -2.08. The summed E-state index contributed by atoms with van der Waals surface area (Å²) in [4.78, 5) is 2.88. The third-order valence-electron chi connectivity index (χ3n) is 2.11. The number of nitrogens with one attached hydrogen (secondary N) is 1. The summed E-state index contributed by atoms with van der Waals surface area (Å²) in [7, 11) is -2.56. The molecule has 9 heteroatoms. The Kier molecular flexibility index (Phi) is 2.99. The van der Waals surface area contributed by atoms with Crippen molar-refractivity contribution in [1.29, 1.82) is 0 Å². The van der Waals surface area contributed by atoms with Gasteiger partial charge in [0.25, 0.3) is 10.0 Å². The molecule has 0 saturated carbocycles. The van der Waals surface area contributed by atoms with Crippen LogP contribution >= 0.6 is 0 Å². The summed E-state index contributed by atoms with van der Waals surface area (Å²) in [6.45, 7) is 0. The van der Waals surface area contributed by atoms with Gasteiger partial charge < -0.3 is 0 Å². The largest absolute Gasteiger partial charge is 0.279 e. The maximum atomic E-state index is 13.2. The second kappa shape index (κ2) is 4.33. The third kappa shape index (κ3) is 2.30. The lowest BCUT2D eigenvalue weighted by atomic mass is 10.4. The Morgan fingerprint density at radius 3 is 2.56 bits per heavy atom. The SMILES string of the molecule is Cn1nccc1S(=O)(=O)Nc1ccc(F)nc1F. The fourth-order valence-electron chi connectivity index (χ4n) is 1.31. The molecule has 0 aliphatic rings. The Morgan fingerprint density at radius 2 is 2.00 bits per heavy atom. The van der Waals surface area contributed by atoms with Crippen LogP contribution in [0.15, 0.2) is 29.4 Å². The summed E-state index contributed by atoms with van der Waals surface area (Å²) in [5.74, 6) is -2.27. The molecule has 0 amide bonds. The number of hydrogen-bond acceptors (Lipinski definition) is 4. The second-order valence-electron chi connectivity index (χ2n) is 3.37. The van der Waals surface area contributed by atoms with Crippen molar-refractivity contribution >= 4 is 15.7 Å². The average molecular weight is 274 g/mol. The van der Waals surface area contributed by atoms with Gasteiger partial charge in [0.05, 0.1) is 6.20 Å². The molecule has 2 heterocycles. The van der Waals surface area contributed by atoms with Gasteiger partial charge in [0.15, 0.2) is 5.03 Å². The molecule has 2 aromatic rings. The fourth-order valence-corrected chi connectivity index (χ4v) is 2.49. The van der Waals surface area contributed by atoms with E-state index in [1.165, 1.54) is 19.3 Å². The highest BCUT2D eigenvalue weighted by Gasteiger charge is 2.20. The Labute approximate surface area is 101 Å². The van der Waals surface area contributed by atoms with Crippen LogP contribution in [-0.4, -0.2) is 23.2 Å². The van der Waals surface area contributed by atoms with Crippen molar-refractivity contribution < 1.29 is 17.2 Å². The van der Waals surface area contributed by atoms with E-state index in [1.54, 1.807) is 0 Å². The first-order chi connectivity index (χ1) is 8.40. The Bertz CT molecular complexity index is 684.